The molecule has 0 aliphatic carbocycles. The van der Waals surface area contributed by atoms with Crippen LogP contribution >= 0.6 is 23.2 Å². The number of nitrogens with one attached hydrogen (secondary N) is 2. The SMILES string of the molecule is CCNC(=O)[C@]1(Cc2ccccc2)CCCN(C(=O)C(Cc2ccc(Cl)c(Cl)c2)NC(=O)N2CCN(C(=O)CCCCCN)CC2)C1.O=C(O)C(F)(F)F. The van der Waals surface area contributed by atoms with Crippen molar-refractivity contribution in [2.75, 3.05) is 52.4 Å². The van der Waals surface area contributed by atoms with Crippen LogP contribution in [0.4, 0.5) is 18.0 Å². The number of aliphatic carboxylic acids is 1. The number of likely N-dealkylation sites (tertiary alicyclic amines) is 1. The number of piperidine rings is 1. The van der Waals surface area contributed by atoms with E-state index < -0.39 is 23.6 Å². The van der Waals surface area contributed by atoms with E-state index in [0.29, 0.717) is 81.5 Å². The molecule has 2 aromatic rings. The van der Waals surface area contributed by atoms with Gasteiger partial charge in [0.15, 0.2) is 0 Å². The molecule has 2 heterocycles. The van der Waals surface area contributed by atoms with Crippen LogP contribution in [0.25, 0.3) is 0 Å². The van der Waals surface area contributed by atoms with Crippen LogP contribution in [-0.2, 0) is 32.0 Å². The van der Waals surface area contributed by atoms with Crippen LogP contribution in [0.5, 0.6) is 0 Å². The van der Waals surface area contributed by atoms with Crippen LogP contribution < -0.4 is 16.4 Å². The number of urea groups is 1. The minimum absolute atomic E-state index is 0.0711. The van der Waals surface area contributed by atoms with E-state index in [1.165, 1.54) is 0 Å². The molecule has 0 radical (unpaired) electrons. The second-order valence-electron chi connectivity index (χ2n) is 13.4. The minimum Gasteiger partial charge on any atom is -0.475 e. The number of piperazine rings is 1. The van der Waals surface area contributed by atoms with E-state index in [9.17, 15) is 32.3 Å². The zero-order chi connectivity index (χ0) is 39.9. The quantitative estimate of drug-likeness (QED) is 0.209. The number of hydrogen-bond acceptors (Lipinski definition) is 6. The third-order valence-corrected chi connectivity index (χ3v) is 10.1. The molecule has 17 heteroatoms. The monoisotopic (exact) mass is 800 g/mol. The summed E-state index contributed by atoms with van der Waals surface area (Å²) in [6, 6.07) is 13.8. The van der Waals surface area contributed by atoms with Gasteiger partial charge in [0.25, 0.3) is 0 Å². The highest BCUT2D eigenvalue weighted by Crippen LogP contribution is 2.35. The summed E-state index contributed by atoms with van der Waals surface area (Å²) in [5, 5.41) is 13.9. The summed E-state index contributed by atoms with van der Waals surface area (Å²) in [5.74, 6) is -2.99. The maximum absolute atomic E-state index is 14.3. The summed E-state index contributed by atoms with van der Waals surface area (Å²) in [7, 11) is 0. The van der Waals surface area contributed by atoms with Crippen molar-refractivity contribution < 1.29 is 42.3 Å². The van der Waals surface area contributed by atoms with Crippen molar-refractivity contribution in [3.05, 3.63) is 69.7 Å². The Balaban J connectivity index is 0.00000102. The van der Waals surface area contributed by atoms with Gasteiger partial charge in [-0.2, -0.15) is 13.2 Å². The van der Waals surface area contributed by atoms with Crippen molar-refractivity contribution in [3.8, 4) is 0 Å². The number of carbonyl (C=O) groups excluding carboxylic acids is 4. The third kappa shape index (κ3) is 13.3. The Morgan fingerprint density at radius 1 is 0.889 bits per heavy atom. The van der Waals surface area contributed by atoms with E-state index in [1.807, 2.05) is 37.3 Å². The van der Waals surface area contributed by atoms with Crippen LogP contribution in [0.2, 0.25) is 10.0 Å². The molecule has 0 saturated carbocycles. The average molecular weight is 802 g/mol. The number of amides is 5. The van der Waals surface area contributed by atoms with Crippen molar-refractivity contribution in [2.24, 2.45) is 11.1 Å². The Morgan fingerprint density at radius 3 is 2.13 bits per heavy atom. The summed E-state index contributed by atoms with van der Waals surface area (Å²) < 4.78 is 31.7. The predicted octanol–water partition coefficient (Wildman–Crippen LogP) is 4.90. The first-order chi connectivity index (χ1) is 25.6. The first-order valence-electron chi connectivity index (χ1n) is 18.0. The fraction of sp³-hybridized carbons (Fsp3) is 0.541. The Hall–Kier alpha value is -4.08. The number of alkyl halides is 3. The van der Waals surface area contributed by atoms with Gasteiger partial charge in [-0.25, -0.2) is 9.59 Å². The molecule has 5 N–H and O–H groups in total. The molecule has 0 bridgehead atoms. The highest BCUT2D eigenvalue weighted by Gasteiger charge is 2.44. The number of rotatable bonds is 13. The van der Waals surface area contributed by atoms with E-state index in [4.69, 9.17) is 38.8 Å². The number of nitrogens with zero attached hydrogens (tertiary/aromatic N) is 3. The average Bonchev–Trinajstić information content (AvgIpc) is 3.14. The zero-order valence-electron chi connectivity index (χ0n) is 30.3. The maximum atomic E-state index is 14.3. The molecule has 4 rings (SSSR count). The molecule has 2 aliphatic heterocycles. The Morgan fingerprint density at radius 2 is 1.54 bits per heavy atom. The number of carbonyl (C=O) groups is 5. The molecule has 1 unspecified atom stereocenters. The molecule has 0 spiro atoms. The summed E-state index contributed by atoms with van der Waals surface area (Å²) in [5.41, 5.74) is 6.54. The largest absolute Gasteiger partial charge is 0.490 e. The molecule has 2 aromatic carbocycles. The molecule has 2 saturated heterocycles. The van der Waals surface area contributed by atoms with Crippen molar-refractivity contribution in [1.82, 2.24) is 25.3 Å². The van der Waals surface area contributed by atoms with Gasteiger partial charge >= 0.3 is 18.2 Å². The number of benzene rings is 2. The summed E-state index contributed by atoms with van der Waals surface area (Å²) >= 11 is 12.5. The normalized spacial score (nSPS) is 17.9. The summed E-state index contributed by atoms with van der Waals surface area (Å²) in [6.45, 7) is 5.35. The number of nitrogens with two attached hydrogens (primary N) is 1. The lowest BCUT2D eigenvalue weighted by molar-refractivity contribution is -0.192. The first-order valence-corrected chi connectivity index (χ1v) is 18.7. The number of carboxylic acids is 1. The summed E-state index contributed by atoms with van der Waals surface area (Å²) in [4.78, 5) is 68.3. The number of carboxylic acid groups (broad SMARTS) is 1. The lowest BCUT2D eigenvalue weighted by atomic mass is 9.74. The first kappa shape index (κ1) is 44.3. The molecule has 2 atom stereocenters. The lowest BCUT2D eigenvalue weighted by Crippen LogP contribution is -2.60. The van der Waals surface area contributed by atoms with E-state index in [0.717, 1.165) is 30.4 Å². The predicted molar refractivity (Wildman–Crippen MR) is 199 cm³/mol. The highest BCUT2D eigenvalue weighted by atomic mass is 35.5. The Labute approximate surface area is 323 Å². The third-order valence-electron chi connectivity index (χ3n) is 9.37. The van der Waals surface area contributed by atoms with Gasteiger partial charge in [-0.3, -0.25) is 14.4 Å². The molecular weight excluding hydrogens is 752 g/mol. The standard InChI is InChI=1S/C35H48Cl2N6O4.C2HF3O2/c1-2-39-33(46)35(24-26-10-5-3-6-11-26)15-9-17-43(25-35)32(45)30(23-27-13-14-28(36)29(37)22-27)40-34(47)42-20-18-41(19-21-42)31(44)12-7-4-8-16-38;3-2(4,5)1(6)7/h3,5-6,10-11,13-14,22,30H,2,4,7-9,12,15-21,23-25,38H2,1H3,(H,39,46)(H,40,47);(H,6,7)/t30?,35-;/m0./s1. The van der Waals surface area contributed by atoms with Crippen molar-refractivity contribution >= 4 is 52.9 Å². The van der Waals surface area contributed by atoms with Crippen LogP contribution in [0, 0.1) is 5.41 Å². The number of hydrogen-bond donors (Lipinski definition) is 4. The van der Waals surface area contributed by atoms with E-state index in [2.05, 4.69) is 10.6 Å². The smallest absolute Gasteiger partial charge is 0.475 e. The van der Waals surface area contributed by atoms with E-state index in [1.54, 1.807) is 32.9 Å². The lowest BCUT2D eigenvalue weighted by Gasteiger charge is -2.43. The van der Waals surface area contributed by atoms with E-state index in [-0.39, 0.29) is 36.7 Å². The fourth-order valence-corrected chi connectivity index (χ4v) is 6.86. The molecule has 2 fully saturated rings. The van der Waals surface area contributed by atoms with Gasteiger partial charge in [0.2, 0.25) is 17.7 Å². The molecule has 2 aliphatic rings. The van der Waals surface area contributed by atoms with Crippen LogP contribution in [0.15, 0.2) is 48.5 Å². The second-order valence-corrected chi connectivity index (χ2v) is 14.2. The molecular formula is C37H49Cl2F3N6O6. The fourth-order valence-electron chi connectivity index (χ4n) is 6.54. The van der Waals surface area contributed by atoms with Crippen molar-refractivity contribution in [1.29, 1.82) is 0 Å². The Bertz CT molecular complexity index is 1580. The van der Waals surface area contributed by atoms with Crippen molar-refractivity contribution in [2.45, 2.75) is 70.5 Å². The van der Waals surface area contributed by atoms with Gasteiger partial charge in [0, 0.05) is 58.7 Å². The zero-order valence-corrected chi connectivity index (χ0v) is 31.8. The molecule has 298 valence electrons. The Kier molecular flexibility index (Phi) is 17.3. The van der Waals surface area contributed by atoms with Gasteiger partial charge in [-0.05, 0) is 68.8 Å². The van der Waals surface area contributed by atoms with Crippen LogP contribution in [0.1, 0.15) is 56.6 Å². The highest BCUT2D eigenvalue weighted by molar-refractivity contribution is 6.42. The molecule has 5 amide bonds. The van der Waals surface area contributed by atoms with Gasteiger partial charge in [-0.15, -0.1) is 0 Å². The number of halogens is 5. The topological polar surface area (TPSA) is 165 Å². The van der Waals surface area contributed by atoms with Gasteiger partial charge in [-0.1, -0.05) is 66.0 Å². The molecule has 12 nitrogen and oxygen atoms in total. The minimum atomic E-state index is -5.08. The second kappa shape index (κ2) is 21.1. The maximum Gasteiger partial charge on any atom is 0.490 e. The van der Waals surface area contributed by atoms with Crippen LogP contribution in [-0.4, -0.2) is 114 Å². The molecule has 0 aromatic heterocycles. The van der Waals surface area contributed by atoms with Gasteiger partial charge < -0.3 is 36.2 Å². The van der Waals surface area contributed by atoms with Crippen molar-refractivity contribution in [3.63, 3.8) is 0 Å². The molecule has 54 heavy (non-hydrogen) atoms. The van der Waals surface area contributed by atoms with Crippen LogP contribution in [0.3, 0.4) is 0 Å². The van der Waals surface area contributed by atoms with E-state index >= 15 is 0 Å². The van der Waals surface area contributed by atoms with Gasteiger partial charge in [0.05, 0.1) is 15.5 Å². The number of unbranched alkanes of at least 4 members (excludes halogenated alkanes) is 2. The van der Waals surface area contributed by atoms with Gasteiger partial charge in [0.1, 0.15) is 6.04 Å². The summed E-state index contributed by atoms with van der Waals surface area (Å²) in [6.07, 6.45) is 0.0358.